The fourth-order valence-corrected chi connectivity index (χ4v) is 4.21. The molecule has 4 rings (SSSR count). The molecule has 0 radical (unpaired) electrons. The van der Waals surface area contributed by atoms with Crippen molar-refractivity contribution in [3.8, 4) is 17.3 Å². The van der Waals surface area contributed by atoms with Gasteiger partial charge >= 0.3 is 5.97 Å². The Kier molecular flexibility index (Phi) is 5.69. The van der Waals surface area contributed by atoms with Gasteiger partial charge in [0.2, 0.25) is 5.88 Å². The molecule has 0 amide bonds. The first-order valence-electron chi connectivity index (χ1n) is 10.4. The van der Waals surface area contributed by atoms with E-state index in [1.54, 1.807) is 27.1 Å². The maximum Gasteiger partial charge on any atom is 0.302 e. The number of pyridine rings is 1. The molecule has 0 saturated heterocycles. The normalized spacial score (nSPS) is 17.0. The molecule has 2 heterocycles. The van der Waals surface area contributed by atoms with Crippen LogP contribution in [0.5, 0.6) is 5.88 Å². The summed E-state index contributed by atoms with van der Waals surface area (Å²) in [5.74, 6) is 0.673. The molecule has 3 aromatic rings. The average molecular weight is 434 g/mol. The Labute approximate surface area is 186 Å². The van der Waals surface area contributed by atoms with E-state index in [9.17, 15) is 9.59 Å². The fourth-order valence-electron chi connectivity index (χ4n) is 4.21. The Morgan fingerprint density at radius 2 is 1.88 bits per heavy atom. The van der Waals surface area contributed by atoms with Crippen molar-refractivity contribution in [2.24, 2.45) is 7.05 Å². The van der Waals surface area contributed by atoms with Crippen molar-refractivity contribution < 1.29 is 14.3 Å². The number of rotatable bonds is 5. The summed E-state index contributed by atoms with van der Waals surface area (Å²) in [4.78, 5) is 34.1. The first kappa shape index (κ1) is 21.5. The highest BCUT2D eigenvalue weighted by molar-refractivity contribution is 5.67. The zero-order valence-electron chi connectivity index (χ0n) is 18.8. The predicted molar refractivity (Wildman–Crippen MR) is 121 cm³/mol. The van der Waals surface area contributed by atoms with Crippen molar-refractivity contribution in [1.29, 1.82) is 0 Å². The zero-order valence-corrected chi connectivity index (χ0v) is 18.8. The van der Waals surface area contributed by atoms with E-state index in [-0.39, 0.29) is 17.6 Å². The van der Waals surface area contributed by atoms with Crippen LogP contribution >= 0.6 is 0 Å². The van der Waals surface area contributed by atoms with Gasteiger partial charge in [0.15, 0.2) is 0 Å². The molecular weight excluding hydrogens is 408 g/mol. The van der Waals surface area contributed by atoms with Gasteiger partial charge in [-0.25, -0.2) is 9.97 Å². The third-order valence-corrected chi connectivity index (χ3v) is 5.78. The summed E-state index contributed by atoms with van der Waals surface area (Å²) in [6.07, 6.45) is 0.191. The van der Waals surface area contributed by atoms with Crippen molar-refractivity contribution in [3.05, 3.63) is 69.3 Å². The molecule has 8 nitrogen and oxygen atoms in total. The number of aromatic nitrogens is 3. The Morgan fingerprint density at radius 3 is 2.56 bits per heavy atom. The van der Waals surface area contributed by atoms with Crippen molar-refractivity contribution in [2.75, 3.05) is 12.4 Å². The minimum Gasteiger partial charge on any atom is -0.481 e. The van der Waals surface area contributed by atoms with Crippen molar-refractivity contribution in [2.45, 2.75) is 39.3 Å². The molecule has 0 fully saturated rings. The van der Waals surface area contributed by atoms with Crippen molar-refractivity contribution in [1.82, 2.24) is 14.5 Å². The maximum atomic E-state index is 13.4. The molecule has 0 saturated carbocycles. The van der Waals surface area contributed by atoms with E-state index in [1.165, 1.54) is 11.5 Å². The second kappa shape index (κ2) is 8.45. The summed E-state index contributed by atoms with van der Waals surface area (Å²) in [6.45, 7) is 5.04. The number of anilines is 1. The molecule has 1 N–H and O–H groups in total. The quantitative estimate of drug-likeness (QED) is 0.617. The highest BCUT2D eigenvalue weighted by Gasteiger charge is 2.35. The minimum absolute atomic E-state index is 0.214. The Bertz CT molecular complexity index is 1250. The molecule has 1 aromatic carbocycles. The van der Waals surface area contributed by atoms with Crippen LogP contribution in [0.3, 0.4) is 0 Å². The molecule has 166 valence electrons. The molecule has 8 heteroatoms. The molecule has 0 aliphatic heterocycles. The average Bonchev–Trinajstić information content (AvgIpc) is 3.10. The first-order chi connectivity index (χ1) is 15.3. The van der Waals surface area contributed by atoms with Gasteiger partial charge < -0.3 is 14.8 Å². The highest BCUT2D eigenvalue weighted by atomic mass is 16.5. The predicted octanol–water partition coefficient (Wildman–Crippen LogP) is 3.11. The summed E-state index contributed by atoms with van der Waals surface area (Å²) in [5, 5.41) is 3.33. The summed E-state index contributed by atoms with van der Waals surface area (Å²) >= 11 is 0. The van der Waals surface area contributed by atoms with Gasteiger partial charge in [-0.1, -0.05) is 24.3 Å². The second-order valence-corrected chi connectivity index (χ2v) is 7.92. The number of benzene rings is 1. The van der Waals surface area contributed by atoms with Gasteiger partial charge in [0, 0.05) is 32.0 Å². The lowest BCUT2D eigenvalue weighted by molar-refractivity contribution is -0.146. The van der Waals surface area contributed by atoms with Crippen molar-refractivity contribution >= 4 is 11.7 Å². The Hall–Kier alpha value is -3.68. The monoisotopic (exact) mass is 434 g/mol. The third kappa shape index (κ3) is 3.84. The largest absolute Gasteiger partial charge is 0.481 e. The van der Waals surface area contributed by atoms with E-state index in [0.29, 0.717) is 35.2 Å². The van der Waals surface area contributed by atoms with Crippen LogP contribution in [0.2, 0.25) is 0 Å². The second-order valence-electron chi connectivity index (χ2n) is 7.92. The molecule has 1 aliphatic carbocycles. The molecule has 32 heavy (non-hydrogen) atoms. The molecule has 0 spiro atoms. The van der Waals surface area contributed by atoms with Crippen LogP contribution in [0, 0.1) is 13.8 Å². The number of nitrogens with one attached hydrogen (secondary N) is 1. The molecule has 2 atom stereocenters. The maximum absolute atomic E-state index is 13.4. The molecule has 1 aliphatic rings. The summed E-state index contributed by atoms with van der Waals surface area (Å²) in [6, 6.07) is 11.2. The highest BCUT2D eigenvalue weighted by Crippen LogP contribution is 2.36. The van der Waals surface area contributed by atoms with Crippen LogP contribution in [0.25, 0.3) is 11.4 Å². The van der Waals surface area contributed by atoms with E-state index in [4.69, 9.17) is 14.5 Å². The van der Waals surface area contributed by atoms with Crippen molar-refractivity contribution in [3.63, 3.8) is 0 Å². The van der Waals surface area contributed by atoms with E-state index < -0.39 is 6.10 Å². The Morgan fingerprint density at radius 1 is 1.12 bits per heavy atom. The van der Waals surface area contributed by atoms with E-state index in [2.05, 4.69) is 10.3 Å². The number of methoxy groups -OCH3 is 1. The smallest absolute Gasteiger partial charge is 0.302 e. The number of hydrogen-bond acceptors (Lipinski definition) is 7. The summed E-state index contributed by atoms with van der Waals surface area (Å²) < 4.78 is 12.3. The standard InChI is InChI=1S/C24H26N4O4/c1-13-17(10-11-20(25-13)31-5)23-26-14(2)21(24(30)28(23)4)27-22-18-9-7-6-8-16(18)12-19(22)32-15(3)29/h6-11,19,22,27H,12H2,1-5H3/t19-,22?/m0/s1. The number of ether oxygens (including phenoxy) is 2. The van der Waals surface area contributed by atoms with Crippen LogP contribution < -0.4 is 15.6 Å². The first-order valence-corrected chi connectivity index (χ1v) is 10.4. The zero-order chi connectivity index (χ0) is 23.0. The van der Waals surface area contributed by atoms with Gasteiger partial charge in [-0.15, -0.1) is 0 Å². The third-order valence-electron chi connectivity index (χ3n) is 5.78. The van der Waals surface area contributed by atoms with Gasteiger partial charge in [0.25, 0.3) is 5.56 Å². The topological polar surface area (TPSA) is 95.3 Å². The lowest BCUT2D eigenvalue weighted by Crippen LogP contribution is -2.31. The number of carbonyl (C=O) groups excluding carboxylic acids is 1. The van der Waals surface area contributed by atoms with Gasteiger partial charge in [0.05, 0.1) is 24.5 Å². The van der Waals surface area contributed by atoms with Gasteiger partial charge in [-0.05, 0) is 31.0 Å². The lowest BCUT2D eigenvalue weighted by atomic mass is 10.1. The van der Waals surface area contributed by atoms with E-state index >= 15 is 0 Å². The number of fused-ring (bicyclic) bond motifs is 1. The number of aryl methyl sites for hydroxylation is 2. The SMILES string of the molecule is COc1ccc(-c2nc(C)c(NC3c4ccccc4C[C@@H]3OC(C)=O)c(=O)n2C)c(C)n1. The fraction of sp³-hybridized carbons (Fsp3) is 0.333. The van der Waals surface area contributed by atoms with Gasteiger partial charge in [-0.3, -0.25) is 14.2 Å². The van der Waals surface area contributed by atoms with E-state index in [0.717, 1.165) is 16.7 Å². The van der Waals surface area contributed by atoms with Crippen LogP contribution in [0.15, 0.2) is 41.2 Å². The number of esters is 1. The minimum atomic E-state index is -0.401. The van der Waals surface area contributed by atoms with Crippen LogP contribution in [0.4, 0.5) is 5.69 Å². The Balaban J connectivity index is 1.74. The summed E-state index contributed by atoms with van der Waals surface area (Å²) in [5.41, 5.74) is 4.30. The van der Waals surface area contributed by atoms with Gasteiger partial charge in [-0.2, -0.15) is 0 Å². The van der Waals surface area contributed by atoms with Crippen LogP contribution in [-0.4, -0.2) is 33.7 Å². The summed E-state index contributed by atoms with van der Waals surface area (Å²) in [7, 11) is 3.25. The van der Waals surface area contributed by atoms with E-state index in [1.807, 2.05) is 37.3 Å². The number of hydrogen-bond donors (Lipinski definition) is 1. The molecule has 0 bridgehead atoms. The van der Waals surface area contributed by atoms with Crippen LogP contribution in [-0.2, 0) is 23.0 Å². The van der Waals surface area contributed by atoms with Crippen LogP contribution in [0.1, 0.15) is 35.5 Å². The number of carbonyl (C=O) groups is 1. The molecular formula is C24H26N4O4. The number of nitrogens with zero attached hydrogens (tertiary/aromatic N) is 3. The molecule has 1 unspecified atom stereocenters. The lowest BCUT2D eigenvalue weighted by Gasteiger charge is -2.24. The molecule has 2 aromatic heterocycles. The van der Waals surface area contributed by atoms with Gasteiger partial charge in [0.1, 0.15) is 17.6 Å².